The van der Waals surface area contributed by atoms with Gasteiger partial charge < -0.3 is 0 Å². The van der Waals surface area contributed by atoms with Crippen molar-refractivity contribution < 1.29 is 0 Å². The van der Waals surface area contributed by atoms with Crippen LogP contribution >= 0.6 is 27.3 Å². The molecule has 0 aliphatic heterocycles. The molecule has 1 heterocycles. The maximum Gasteiger partial charge on any atom is 0.0934 e. The van der Waals surface area contributed by atoms with Crippen molar-refractivity contribution in [3.8, 4) is 0 Å². The molecule has 0 spiro atoms. The van der Waals surface area contributed by atoms with Crippen molar-refractivity contribution in [3.05, 3.63) is 28.2 Å². The number of aromatic nitrogens is 1. The Kier molecular flexibility index (Phi) is 3.62. The molecule has 3 heteroatoms. The first-order chi connectivity index (χ1) is 7.24. The average Bonchev–Trinajstić information content (AvgIpc) is 2.65. The zero-order valence-corrected chi connectivity index (χ0v) is 11.4. The number of hydrogen-bond donors (Lipinski definition) is 0. The molecule has 0 saturated carbocycles. The van der Waals surface area contributed by atoms with Crippen LogP contribution in [0.15, 0.2) is 17.5 Å². The van der Waals surface area contributed by atoms with E-state index in [9.17, 15) is 0 Å². The molecule has 1 aromatic rings. The second-order valence-electron chi connectivity index (χ2n) is 4.41. The normalized spacial score (nSPS) is 25.7. The molecular weight excluding hydrogens is 270 g/mol. The fourth-order valence-electron chi connectivity index (χ4n) is 2.08. The van der Waals surface area contributed by atoms with Gasteiger partial charge in [0.1, 0.15) is 0 Å². The van der Waals surface area contributed by atoms with E-state index in [2.05, 4.69) is 45.4 Å². The first kappa shape index (κ1) is 11.3. The average molecular weight is 286 g/mol. The molecule has 1 aromatic heterocycles. The molecule has 0 N–H and O–H groups in total. The lowest BCUT2D eigenvalue weighted by atomic mass is 9.76. The summed E-state index contributed by atoms with van der Waals surface area (Å²) in [6, 6.07) is 0. The Labute approximate surface area is 104 Å². The maximum atomic E-state index is 4.57. The molecule has 0 bridgehead atoms. The highest BCUT2D eigenvalue weighted by Crippen LogP contribution is 2.38. The lowest BCUT2D eigenvalue weighted by Crippen LogP contribution is -2.26. The van der Waals surface area contributed by atoms with E-state index in [1.165, 1.54) is 24.3 Å². The molecule has 1 aliphatic carbocycles. The predicted molar refractivity (Wildman–Crippen MR) is 69.8 cm³/mol. The molecule has 82 valence electrons. The Morgan fingerprint density at radius 2 is 2.40 bits per heavy atom. The zero-order chi connectivity index (χ0) is 10.7. The highest BCUT2D eigenvalue weighted by atomic mass is 79.9. The van der Waals surface area contributed by atoms with Gasteiger partial charge in [-0.2, -0.15) is 0 Å². The molecule has 0 radical (unpaired) electrons. The molecule has 1 unspecified atom stereocenters. The van der Waals surface area contributed by atoms with Gasteiger partial charge >= 0.3 is 0 Å². The van der Waals surface area contributed by atoms with Crippen LogP contribution in [-0.2, 0) is 6.42 Å². The van der Waals surface area contributed by atoms with E-state index >= 15 is 0 Å². The summed E-state index contributed by atoms with van der Waals surface area (Å²) in [7, 11) is 0. The van der Waals surface area contributed by atoms with E-state index < -0.39 is 0 Å². The van der Waals surface area contributed by atoms with Gasteiger partial charge in [0.25, 0.3) is 0 Å². The number of rotatable bonds is 3. The van der Waals surface area contributed by atoms with Crippen molar-refractivity contribution in [1.82, 2.24) is 4.98 Å². The number of allylic oxidation sites excluding steroid dienone is 2. The monoisotopic (exact) mass is 285 g/mol. The van der Waals surface area contributed by atoms with Gasteiger partial charge in [-0.25, -0.2) is 4.98 Å². The molecule has 0 aromatic carbocycles. The quantitative estimate of drug-likeness (QED) is 0.602. The minimum atomic E-state index is 0.416. The molecule has 15 heavy (non-hydrogen) atoms. The first-order valence-electron chi connectivity index (χ1n) is 5.36. The highest BCUT2D eigenvalue weighted by Gasteiger charge is 2.30. The van der Waals surface area contributed by atoms with Crippen molar-refractivity contribution in [2.45, 2.75) is 32.6 Å². The van der Waals surface area contributed by atoms with Crippen LogP contribution in [-0.4, -0.2) is 10.3 Å². The lowest BCUT2D eigenvalue weighted by molar-refractivity contribution is 0.300. The minimum Gasteiger partial charge on any atom is -0.247 e. The molecule has 0 saturated heterocycles. The van der Waals surface area contributed by atoms with Gasteiger partial charge in [0.05, 0.1) is 5.01 Å². The lowest BCUT2D eigenvalue weighted by Gasteiger charge is -2.32. The van der Waals surface area contributed by atoms with E-state index in [0.29, 0.717) is 5.41 Å². The van der Waals surface area contributed by atoms with Crippen LogP contribution in [0.2, 0.25) is 0 Å². The van der Waals surface area contributed by atoms with E-state index in [4.69, 9.17) is 0 Å². The summed E-state index contributed by atoms with van der Waals surface area (Å²) in [4.78, 5) is 4.57. The molecule has 1 atom stereocenters. The maximum absolute atomic E-state index is 4.57. The van der Waals surface area contributed by atoms with E-state index in [1.807, 2.05) is 0 Å². The van der Waals surface area contributed by atoms with Crippen molar-refractivity contribution in [3.63, 3.8) is 0 Å². The highest BCUT2D eigenvalue weighted by molar-refractivity contribution is 9.09. The second-order valence-corrected chi connectivity index (χ2v) is 5.91. The summed E-state index contributed by atoms with van der Waals surface area (Å²) in [5.41, 5.74) is 1.57. The van der Waals surface area contributed by atoms with Gasteiger partial charge in [0, 0.05) is 22.8 Å². The van der Waals surface area contributed by atoms with Gasteiger partial charge in [0.2, 0.25) is 0 Å². The zero-order valence-electron chi connectivity index (χ0n) is 9.00. The number of alkyl halides is 1. The van der Waals surface area contributed by atoms with Gasteiger partial charge in [-0.05, 0) is 31.6 Å². The topological polar surface area (TPSA) is 12.9 Å². The number of halogens is 1. The van der Waals surface area contributed by atoms with Crippen LogP contribution in [0.1, 0.15) is 30.0 Å². The minimum absolute atomic E-state index is 0.416. The van der Waals surface area contributed by atoms with Crippen LogP contribution in [0.5, 0.6) is 0 Å². The summed E-state index contributed by atoms with van der Waals surface area (Å²) in [6.45, 7) is 2.07. The second kappa shape index (κ2) is 4.79. The summed E-state index contributed by atoms with van der Waals surface area (Å²) in [6.07, 6.45) is 9.44. The number of hydrogen-bond acceptors (Lipinski definition) is 2. The fraction of sp³-hybridized carbons (Fsp3) is 0.583. The Balaban J connectivity index is 2.10. The van der Waals surface area contributed by atoms with Gasteiger partial charge in [0.15, 0.2) is 0 Å². The van der Waals surface area contributed by atoms with Crippen LogP contribution in [0.4, 0.5) is 0 Å². The van der Waals surface area contributed by atoms with Crippen LogP contribution < -0.4 is 0 Å². The Hall–Kier alpha value is -0.150. The smallest absolute Gasteiger partial charge is 0.0934 e. The van der Waals surface area contributed by atoms with Crippen LogP contribution in [0.25, 0.3) is 0 Å². The molecule has 1 nitrogen and oxygen atoms in total. The van der Waals surface area contributed by atoms with E-state index in [1.54, 1.807) is 11.3 Å². The van der Waals surface area contributed by atoms with E-state index in [0.717, 1.165) is 17.4 Å². The fourth-order valence-corrected chi connectivity index (χ4v) is 3.73. The first-order valence-corrected chi connectivity index (χ1v) is 7.36. The summed E-state index contributed by atoms with van der Waals surface area (Å²) in [5, 5.41) is 4.53. The standard InChI is InChI=1S/C12H16BrNS/c1-10-8-15-11(14-10)7-12(9-13)5-3-2-4-6-12/h2-3,8H,4-7,9H2,1H3. The Bertz CT molecular complexity index is 358. The Morgan fingerprint density at radius 1 is 1.53 bits per heavy atom. The number of thiazole rings is 1. The third-order valence-electron chi connectivity index (χ3n) is 3.04. The molecule has 2 rings (SSSR count). The van der Waals surface area contributed by atoms with Crippen molar-refractivity contribution in [2.75, 3.05) is 5.33 Å². The van der Waals surface area contributed by atoms with Crippen LogP contribution in [0.3, 0.4) is 0 Å². The summed E-state index contributed by atoms with van der Waals surface area (Å²) < 4.78 is 0. The van der Waals surface area contributed by atoms with Gasteiger partial charge in [-0.3, -0.25) is 0 Å². The van der Waals surface area contributed by atoms with Crippen molar-refractivity contribution in [1.29, 1.82) is 0 Å². The van der Waals surface area contributed by atoms with Gasteiger partial charge in [-0.1, -0.05) is 28.1 Å². The summed E-state index contributed by atoms with van der Waals surface area (Å²) in [5.74, 6) is 0. The van der Waals surface area contributed by atoms with Crippen LogP contribution in [0, 0.1) is 12.3 Å². The largest absolute Gasteiger partial charge is 0.247 e. The van der Waals surface area contributed by atoms with Crippen molar-refractivity contribution in [2.24, 2.45) is 5.41 Å². The number of nitrogens with zero attached hydrogens (tertiary/aromatic N) is 1. The molecule has 1 aliphatic rings. The SMILES string of the molecule is Cc1csc(CC2(CBr)CC=CCC2)n1. The third kappa shape index (κ3) is 2.70. The van der Waals surface area contributed by atoms with Gasteiger partial charge in [-0.15, -0.1) is 11.3 Å². The van der Waals surface area contributed by atoms with E-state index in [-0.39, 0.29) is 0 Å². The summed E-state index contributed by atoms with van der Waals surface area (Å²) >= 11 is 5.48. The molecule has 0 amide bonds. The van der Waals surface area contributed by atoms with Crippen molar-refractivity contribution >= 4 is 27.3 Å². The molecular formula is C12H16BrNS. The number of aryl methyl sites for hydroxylation is 1. The molecule has 0 fully saturated rings. The third-order valence-corrected chi connectivity index (χ3v) is 5.19. The Morgan fingerprint density at radius 3 is 2.93 bits per heavy atom. The predicted octanol–water partition coefficient (Wildman–Crippen LogP) is 4.12.